The summed E-state index contributed by atoms with van der Waals surface area (Å²) in [4.78, 5) is 4.31. The van der Waals surface area contributed by atoms with Gasteiger partial charge in [-0.15, -0.1) is 0 Å². The Labute approximate surface area is 73.9 Å². The van der Waals surface area contributed by atoms with Gasteiger partial charge in [-0.2, -0.15) is 0 Å². The van der Waals surface area contributed by atoms with Gasteiger partial charge < -0.3 is 0 Å². The van der Waals surface area contributed by atoms with E-state index < -0.39 is 0 Å². The molecule has 1 unspecified atom stereocenters. The first-order chi connectivity index (χ1) is 5.69. The van der Waals surface area contributed by atoms with Crippen LogP contribution < -0.4 is 0 Å². The molecule has 0 N–H and O–H groups in total. The molecule has 0 aliphatic carbocycles. The number of likely N-dealkylation sites (N-methyl/N-ethyl adjacent to an activating group) is 1. The molecule has 1 heterocycles. The van der Waals surface area contributed by atoms with Crippen molar-refractivity contribution in [2.24, 2.45) is 4.99 Å². The van der Waals surface area contributed by atoms with Gasteiger partial charge in [0.05, 0.1) is 13.6 Å². The molecule has 2 nitrogen and oxygen atoms in total. The van der Waals surface area contributed by atoms with Gasteiger partial charge in [0.2, 0.25) is 5.84 Å². The molecule has 62 valence electrons. The van der Waals surface area contributed by atoms with E-state index in [1.54, 1.807) is 6.92 Å². The fraction of sp³-hybridized carbons (Fsp3) is 0.500. The second kappa shape index (κ2) is 3.43. The van der Waals surface area contributed by atoms with Crippen LogP contribution in [0.4, 0.5) is 0 Å². The molecular formula is C10H13N2+. The lowest BCUT2D eigenvalue weighted by atomic mass is 10.4. The smallest absolute Gasteiger partial charge is 0.208 e. The minimum atomic E-state index is 0.634. The average Bonchev–Trinajstić information content (AvgIpc) is 2.34. The summed E-state index contributed by atoms with van der Waals surface area (Å²) >= 11 is 0. The van der Waals surface area contributed by atoms with Crippen molar-refractivity contribution in [1.29, 1.82) is 0 Å². The maximum Gasteiger partial charge on any atom is 0.208 e. The van der Waals surface area contributed by atoms with Crippen LogP contribution in [-0.2, 0) is 0 Å². The van der Waals surface area contributed by atoms with E-state index in [4.69, 9.17) is 0 Å². The number of hydrogen-bond acceptors (Lipinski definition) is 1. The first kappa shape index (κ1) is 8.84. The number of aliphatic imine (C=N–C) groups is 1. The molecule has 0 radical (unpaired) electrons. The topological polar surface area (TPSA) is 12.4 Å². The molecule has 1 aliphatic heterocycles. The molecule has 12 heavy (non-hydrogen) atoms. The molecule has 0 bridgehead atoms. The first-order valence-electron chi connectivity index (χ1n) is 4.00. The summed E-state index contributed by atoms with van der Waals surface area (Å²) in [5.74, 6) is 9.40. The van der Waals surface area contributed by atoms with E-state index in [0.717, 1.165) is 18.9 Å². The second-order valence-corrected chi connectivity index (χ2v) is 2.96. The van der Waals surface area contributed by atoms with Crippen LogP contribution in [0.5, 0.6) is 0 Å². The van der Waals surface area contributed by atoms with Gasteiger partial charge >= 0.3 is 0 Å². The molecule has 0 amide bonds. The predicted molar refractivity (Wildman–Crippen MR) is 50.3 cm³/mol. The summed E-state index contributed by atoms with van der Waals surface area (Å²) < 4.78 is 0.634. The molecule has 1 atom stereocenters. The largest absolute Gasteiger partial charge is 0.232 e. The molecule has 1 rings (SSSR count). The fourth-order valence-corrected chi connectivity index (χ4v) is 1.08. The van der Waals surface area contributed by atoms with Crippen LogP contribution in [0.1, 0.15) is 13.8 Å². The molecule has 0 spiro atoms. The zero-order valence-corrected chi connectivity index (χ0v) is 7.81. The van der Waals surface area contributed by atoms with Gasteiger partial charge in [0.1, 0.15) is 6.54 Å². The Hall–Kier alpha value is -1.25. The van der Waals surface area contributed by atoms with Gasteiger partial charge in [0.15, 0.2) is 6.04 Å². The molecule has 0 saturated heterocycles. The third-order valence-corrected chi connectivity index (χ3v) is 2.09. The quantitative estimate of drug-likeness (QED) is 0.369. The van der Waals surface area contributed by atoms with Crippen LogP contribution in [0.3, 0.4) is 0 Å². The molecule has 2 heteroatoms. The Morgan fingerprint density at radius 2 is 2.17 bits per heavy atom. The number of nitrogens with zero attached hydrogens (tertiary/aromatic N) is 2. The van der Waals surface area contributed by atoms with Gasteiger partial charge in [0.25, 0.3) is 0 Å². The van der Waals surface area contributed by atoms with Crippen LogP contribution in [0.25, 0.3) is 0 Å². The standard InChI is InChI=1S/C10H13N2/c1-4-5-6-8-12(3)9-7-11-10(12)2/h7,9H2,1-3H3/q+1. The molecular weight excluding hydrogens is 148 g/mol. The molecule has 0 saturated carbocycles. The Kier molecular flexibility index (Phi) is 2.53. The van der Waals surface area contributed by atoms with Crippen molar-refractivity contribution in [1.82, 2.24) is 0 Å². The molecule has 0 aromatic rings. The van der Waals surface area contributed by atoms with Gasteiger partial charge in [-0.25, -0.2) is 9.48 Å². The zero-order chi connectivity index (χ0) is 9.03. The van der Waals surface area contributed by atoms with Crippen molar-refractivity contribution in [3.63, 3.8) is 0 Å². The normalized spacial score (nSPS) is 26.4. The van der Waals surface area contributed by atoms with Crippen molar-refractivity contribution < 1.29 is 4.48 Å². The van der Waals surface area contributed by atoms with Crippen LogP contribution in [-0.4, -0.2) is 30.5 Å². The van der Waals surface area contributed by atoms with Crippen LogP contribution >= 0.6 is 0 Å². The number of rotatable bonds is 0. The maximum atomic E-state index is 4.31. The van der Waals surface area contributed by atoms with Crippen molar-refractivity contribution in [2.45, 2.75) is 13.8 Å². The van der Waals surface area contributed by atoms with E-state index in [2.05, 4.69) is 35.8 Å². The van der Waals surface area contributed by atoms with Crippen molar-refractivity contribution >= 4 is 5.84 Å². The van der Waals surface area contributed by atoms with Gasteiger partial charge in [-0.1, -0.05) is 5.92 Å². The van der Waals surface area contributed by atoms with E-state index in [1.807, 2.05) is 6.92 Å². The zero-order valence-electron chi connectivity index (χ0n) is 7.81. The monoisotopic (exact) mass is 161 g/mol. The van der Waals surface area contributed by atoms with E-state index >= 15 is 0 Å². The van der Waals surface area contributed by atoms with Gasteiger partial charge in [0, 0.05) is 12.8 Å². The van der Waals surface area contributed by atoms with Crippen molar-refractivity contribution in [3.8, 4) is 23.8 Å². The van der Waals surface area contributed by atoms with Gasteiger partial charge in [-0.05, 0) is 12.8 Å². The second-order valence-electron chi connectivity index (χ2n) is 2.96. The minimum Gasteiger partial charge on any atom is -0.232 e. The van der Waals surface area contributed by atoms with Crippen LogP contribution in [0, 0.1) is 23.8 Å². The highest BCUT2D eigenvalue weighted by molar-refractivity contribution is 5.74. The Bertz CT molecular complexity index is 319. The van der Waals surface area contributed by atoms with Crippen molar-refractivity contribution in [3.05, 3.63) is 0 Å². The molecule has 0 fully saturated rings. The number of amidine groups is 1. The predicted octanol–water partition coefficient (Wildman–Crippen LogP) is 0.849. The summed E-state index contributed by atoms with van der Waals surface area (Å²) in [5.41, 5.74) is 0. The first-order valence-corrected chi connectivity index (χ1v) is 4.00. The van der Waals surface area contributed by atoms with Crippen molar-refractivity contribution in [2.75, 3.05) is 20.1 Å². The Morgan fingerprint density at radius 3 is 2.67 bits per heavy atom. The molecule has 1 aliphatic rings. The summed E-state index contributed by atoms with van der Waals surface area (Å²) in [5, 5.41) is 0. The summed E-state index contributed by atoms with van der Waals surface area (Å²) in [6, 6.07) is 3.09. The number of hydrogen-bond donors (Lipinski definition) is 0. The Morgan fingerprint density at radius 1 is 1.42 bits per heavy atom. The highest BCUT2D eigenvalue weighted by atomic mass is 15.4. The molecule has 0 aromatic heterocycles. The van der Waals surface area contributed by atoms with Gasteiger partial charge in [-0.3, -0.25) is 0 Å². The lowest BCUT2D eigenvalue weighted by Crippen LogP contribution is -2.40. The van der Waals surface area contributed by atoms with E-state index in [1.165, 1.54) is 0 Å². The summed E-state index contributed by atoms with van der Waals surface area (Å²) in [6.07, 6.45) is 0. The average molecular weight is 161 g/mol. The van der Waals surface area contributed by atoms with E-state index in [0.29, 0.717) is 4.48 Å². The van der Waals surface area contributed by atoms with Crippen LogP contribution in [0.2, 0.25) is 0 Å². The van der Waals surface area contributed by atoms with Crippen LogP contribution in [0.15, 0.2) is 4.99 Å². The van der Waals surface area contributed by atoms with E-state index in [-0.39, 0.29) is 0 Å². The summed E-state index contributed by atoms with van der Waals surface area (Å²) in [6.45, 7) is 5.67. The fourth-order valence-electron chi connectivity index (χ4n) is 1.08. The summed E-state index contributed by atoms with van der Waals surface area (Å²) in [7, 11) is 2.07. The highest BCUT2D eigenvalue weighted by Crippen LogP contribution is 2.08. The lowest BCUT2D eigenvalue weighted by molar-refractivity contribution is -0.741. The minimum absolute atomic E-state index is 0.634. The SMILES string of the molecule is CC#CC#C[N+]1(C)CCN=C1C. The highest BCUT2D eigenvalue weighted by Gasteiger charge is 2.28. The molecule has 0 aromatic carbocycles. The number of quaternary nitrogens is 1. The third-order valence-electron chi connectivity index (χ3n) is 2.09. The lowest BCUT2D eigenvalue weighted by Gasteiger charge is -2.18. The third kappa shape index (κ3) is 1.67. The maximum absolute atomic E-state index is 4.31. The Balaban J connectivity index is 2.80. The van der Waals surface area contributed by atoms with E-state index in [9.17, 15) is 0 Å².